The van der Waals surface area contributed by atoms with Crippen LogP contribution in [-0.4, -0.2) is 42.9 Å². The minimum atomic E-state index is -3.51. The molecule has 1 amide bonds. The van der Waals surface area contributed by atoms with Gasteiger partial charge in [-0.05, 0) is 43.5 Å². The van der Waals surface area contributed by atoms with E-state index in [4.69, 9.17) is 0 Å². The van der Waals surface area contributed by atoms with Crippen LogP contribution in [-0.2, 0) is 16.4 Å². The molecule has 0 spiro atoms. The zero-order valence-electron chi connectivity index (χ0n) is 17.0. The van der Waals surface area contributed by atoms with E-state index in [0.717, 1.165) is 22.5 Å². The maximum absolute atomic E-state index is 12.8. The van der Waals surface area contributed by atoms with E-state index in [-0.39, 0.29) is 18.2 Å². The lowest BCUT2D eigenvalue weighted by molar-refractivity contribution is 0.0955. The van der Waals surface area contributed by atoms with E-state index in [1.807, 2.05) is 62.4 Å². The van der Waals surface area contributed by atoms with Crippen molar-refractivity contribution in [2.24, 2.45) is 0 Å². The van der Waals surface area contributed by atoms with Gasteiger partial charge in [-0.3, -0.25) is 9.10 Å². The number of carbonyl (C=O) groups is 1. The number of hydrogen-bond donors (Lipinski definition) is 1. The summed E-state index contributed by atoms with van der Waals surface area (Å²) >= 11 is 0. The summed E-state index contributed by atoms with van der Waals surface area (Å²) in [5, 5.41) is 7.07. The second-order valence-electron chi connectivity index (χ2n) is 7.36. The molecule has 156 valence electrons. The average molecular weight is 425 g/mol. The van der Waals surface area contributed by atoms with Crippen molar-refractivity contribution in [1.82, 2.24) is 15.1 Å². The molecular formula is C22H24N4O3S. The fraction of sp³-hybridized carbons (Fsp3) is 0.273. The van der Waals surface area contributed by atoms with Gasteiger partial charge >= 0.3 is 0 Å². The second kappa shape index (κ2) is 7.95. The zero-order chi connectivity index (χ0) is 21.3. The number of fused-ring (bicyclic) bond motifs is 1. The van der Waals surface area contributed by atoms with E-state index in [1.54, 1.807) is 4.68 Å². The Labute approximate surface area is 176 Å². The number of benzene rings is 2. The lowest BCUT2D eigenvalue weighted by atomic mass is 10.2. The molecule has 0 saturated carbocycles. The summed E-state index contributed by atoms with van der Waals surface area (Å²) in [5.41, 5.74) is 4.86. The Morgan fingerprint density at radius 3 is 2.53 bits per heavy atom. The van der Waals surface area contributed by atoms with Crippen LogP contribution in [0.5, 0.6) is 0 Å². The molecule has 0 aliphatic carbocycles. The summed E-state index contributed by atoms with van der Waals surface area (Å²) in [6.45, 7) is 4.29. The highest BCUT2D eigenvalue weighted by Crippen LogP contribution is 2.29. The molecule has 30 heavy (non-hydrogen) atoms. The lowest BCUT2D eigenvalue weighted by Crippen LogP contribution is -2.37. The van der Waals surface area contributed by atoms with Crippen LogP contribution in [0.3, 0.4) is 0 Å². The first-order valence-corrected chi connectivity index (χ1v) is 11.5. The summed E-state index contributed by atoms with van der Waals surface area (Å²) in [6.07, 6.45) is 2.22. The number of amides is 1. The normalized spacial score (nSPS) is 13.3. The number of aryl methyl sites for hydroxylation is 1. The van der Waals surface area contributed by atoms with E-state index >= 15 is 0 Å². The van der Waals surface area contributed by atoms with Crippen molar-refractivity contribution < 1.29 is 13.2 Å². The van der Waals surface area contributed by atoms with Gasteiger partial charge in [-0.2, -0.15) is 5.10 Å². The Kier molecular flexibility index (Phi) is 5.34. The van der Waals surface area contributed by atoms with Crippen LogP contribution in [0, 0.1) is 13.8 Å². The molecular weight excluding hydrogens is 400 g/mol. The van der Waals surface area contributed by atoms with Crippen molar-refractivity contribution in [1.29, 1.82) is 0 Å². The Bertz CT molecular complexity index is 1200. The van der Waals surface area contributed by atoms with Crippen molar-refractivity contribution in [2.75, 3.05) is 23.1 Å². The number of nitrogens with zero attached hydrogens (tertiary/aromatic N) is 3. The molecule has 0 atom stereocenters. The average Bonchev–Trinajstić information content (AvgIpc) is 3.32. The lowest BCUT2D eigenvalue weighted by Gasteiger charge is -2.19. The van der Waals surface area contributed by atoms with Gasteiger partial charge in [0.05, 0.1) is 34.6 Å². The molecule has 0 unspecified atom stereocenters. The van der Waals surface area contributed by atoms with Crippen LogP contribution in [0.15, 0.2) is 54.7 Å². The third-order valence-corrected chi connectivity index (χ3v) is 7.19. The van der Waals surface area contributed by atoms with Crippen molar-refractivity contribution in [3.8, 4) is 5.69 Å². The summed E-state index contributed by atoms with van der Waals surface area (Å²) in [7, 11) is -3.51. The van der Waals surface area contributed by atoms with Crippen LogP contribution in [0.25, 0.3) is 5.69 Å². The molecule has 2 heterocycles. The molecule has 1 N–H and O–H groups in total. The zero-order valence-corrected chi connectivity index (χ0v) is 17.8. The summed E-state index contributed by atoms with van der Waals surface area (Å²) in [4.78, 5) is 12.6. The second-order valence-corrected chi connectivity index (χ2v) is 9.38. The molecule has 0 saturated heterocycles. The SMILES string of the molecule is Cc1ccccc1-n1ncc(C(=O)NCCS(=O)(=O)N2CCc3ccccc32)c1C. The van der Waals surface area contributed by atoms with Gasteiger partial charge in [-0.25, -0.2) is 13.1 Å². The Morgan fingerprint density at radius 2 is 1.77 bits per heavy atom. The van der Waals surface area contributed by atoms with Crippen LogP contribution >= 0.6 is 0 Å². The largest absolute Gasteiger partial charge is 0.351 e. The molecule has 4 rings (SSSR count). The third-order valence-electron chi connectivity index (χ3n) is 5.42. The highest BCUT2D eigenvalue weighted by Gasteiger charge is 2.29. The number of aromatic nitrogens is 2. The summed E-state index contributed by atoms with van der Waals surface area (Å²) in [5.74, 6) is -0.484. The molecule has 3 aromatic rings. The number of carbonyl (C=O) groups excluding carboxylic acids is 1. The van der Waals surface area contributed by atoms with Crippen LogP contribution in [0.1, 0.15) is 27.2 Å². The molecule has 0 radical (unpaired) electrons. The van der Waals surface area contributed by atoms with Crippen molar-refractivity contribution in [3.05, 3.63) is 77.1 Å². The topological polar surface area (TPSA) is 84.3 Å². The molecule has 1 aliphatic rings. The molecule has 0 fully saturated rings. The third kappa shape index (κ3) is 3.70. The minimum Gasteiger partial charge on any atom is -0.351 e. The van der Waals surface area contributed by atoms with Crippen LogP contribution in [0.2, 0.25) is 0 Å². The maximum Gasteiger partial charge on any atom is 0.254 e. The first-order chi connectivity index (χ1) is 14.4. The molecule has 1 aliphatic heterocycles. The van der Waals surface area contributed by atoms with Gasteiger partial charge in [-0.15, -0.1) is 0 Å². The molecule has 8 heteroatoms. The Balaban J connectivity index is 1.42. The van der Waals surface area contributed by atoms with Gasteiger partial charge in [0.15, 0.2) is 0 Å². The molecule has 1 aromatic heterocycles. The van der Waals surface area contributed by atoms with E-state index in [0.29, 0.717) is 24.2 Å². The number of anilines is 1. The quantitative estimate of drug-likeness (QED) is 0.659. The minimum absolute atomic E-state index is 0.0365. The van der Waals surface area contributed by atoms with Crippen molar-refractivity contribution >= 4 is 21.6 Å². The van der Waals surface area contributed by atoms with Gasteiger partial charge < -0.3 is 5.32 Å². The summed E-state index contributed by atoms with van der Waals surface area (Å²) in [6, 6.07) is 15.3. The Hall–Kier alpha value is -3.13. The number of hydrogen-bond acceptors (Lipinski definition) is 4. The van der Waals surface area contributed by atoms with Gasteiger partial charge in [0.25, 0.3) is 5.91 Å². The van der Waals surface area contributed by atoms with Crippen molar-refractivity contribution in [3.63, 3.8) is 0 Å². The standard InChI is InChI=1S/C22H24N4O3S/c1-16-7-3-5-9-20(16)26-17(2)19(15-24-26)22(27)23-12-14-30(28,29)25-13-11-18-8-4-6-10-21(18)25/h3-10,15H,11-14H2,1-2H3,(H,23,27). The smallest absolute Gasteiger partial charge is 0.254 e. The monoisotopic (exact) mass is 424 g/mol. The predicted octanol–water partition coefficient (Wildman–Crippen LogP) is 2.61. The van der Waals surface area contributed by atoms with E-state index in [2.05, 4.69) is 10.4 Å². The van der Waals surface area contributed by atoms with E-state index < -0.39 is 10.0 Å². The molecule has 0 bridgehead atoms. The van der Waals surface area contributed by atoms with Gasteiger partial charge in [0.2, 0.25) is 10.0 Å². The number of rotatable bonds is 6. The fourth-order valence-corrected chi connectivity index (χ4v) is 5.20. The highest BCUT2D eigenvalue weighted by atomic mass is 32.2. The van der Waals surface area contributed by atoms with Gasteiger partial charge in [0, 0.05) is 13.1 Å². The summed E-state index contributed by atoms with van der Waals surface area (Å²) < 4.78 is 28.7. The highest BCUT2D eigenvalue weighted by molar-refractivity contribution is 7.92. The van der Waals surface area contributed by atoms with E-state index in [1.165, 1.54) is 10.5 Å². The number of para-hydroxylation sites is 2. The van der Waals surface area contributed by atoms with E-state index in [9.17, 15) is 13.2 Å². The molecule has 2 aromatic carbocycles. The van der Waals surface area contributed by atoms with Crippen LogP contribution in [0.4, 0.5) is 5.69 Å². The Morgan fingerprint density at radius 1 is 1.07 bits per heavy atom. The van der Waals surface area contributed by atoms with Gasteiger partial charge in [0.1, 0.15) is 0 Å². The van der Waals surface area contributed by atoms with Crippen LogP contribution < -0.4 is 9.62 Å². The fourth-order valence-electron chi connectivity index (χ4n) is 3.77. The van der Waals surface area contributed by atoms with Crippen molar-refractivity contribution in [2.45, 2.75) is 20.3 Å². The maximum atomic E-state index is 12.8. The van der Waals surface area contributed by atoms with Gasteiger partial charge in [-0.1, -0.05) is 36.4 Å². The number of sulfonamides is 1. The number of nitrogens with one attached hydrogen (secondary N) is 1. The predicted molar refractivity (Wildman–Crippen MR) is 117 cm³/mol. The molecule has 7 nitrogen and oxygen atoms in total. The first kappa shape index (κ1) is 20.2. The first-order valence-electron chi connectivity index (χ1n) is 9.85.